The lowest BCUT2D eigenvalue weighted by Crippen LogP contribution is -2.17. The summed E-state index contributed by atoms with van der Waals surface area (Å²) in [6.07, 6.45) is 0. The van der Waals surface area contributed by atoms with Gasteiger partial charge in [-0.05, 0) is 29.8 Å². The van der Waals surface area contributed by atoms with Crippen molar-refractivity contribution in [3.8, 4) is 6.07 Å². The number of rotatable bonds is 3. The van der Waals surface area contributed by atoms with Gasteiger partial charge in [0, 0.05) is 19.3 Å². The first-order chi connectivity index (χ1) is 8.69. The second-order valence-corrected chi connectivity index (χ2v) is 4.09. The van der Waals surface area contributed by atoms with Crippen LogP contribution in [0.25, 0.3) is 0 Å². The van der Waals surface area contributed by atoms with Gasteiger partial charge in [-0.2, -0.15) is 5.26 Å². The maximum absolute atomic E-state index is 8.82. The van der Waals surface area contributed by atoms with Crippen LogP contribution in [-0.4, -0.2) is 12.0 Å². The lowest BCUT2D eigenvalue weighted by atomic mass is 10.2. The van der Waals surface area contributed by atoms with Crippen LogP contribution in [0, 0.1) is 11.3 Å². The van der Waals surface area contributed by atoms with Crippen LogP contribution in [-0.2, 0) is 6.54 Å². The van der Waals surface area contributed by atoms with Crippen molar-refractivity contribution in [2.75, 3.05) is 17.7 Å². The number of nitriles is 1. The van der Waals surface area contributed by atoms with Crippen LogP contribution in [0.1, 0.15) is 11.3 Å². The Labute approximate surface area is 106 Å². The first-order valence-corrected chi connectivity index (χ1v) is 5.62. The third-order valence-corrected chi connectivity index (χ3v) is 2.61. The van der Waals surface area contributed by atoms with E-state index in [1.54, 1.807) is 6.07 Å². The van der Waals surface area contributed by atoms with E-state index in [-0.39, 0.29) is 0 Å². The predicted octanol–water partition coefficient (Wildman–Crippen LogP) is 2.17. The number of nitrogen functional groups attached to an aromatic ring is 1. The van der Waals surface area contributed by atoms with Crippen LogP contribution >= 0.6 is 0 Å². The molecule has 0 unspecified atom stereocenters. The summed E-state index contributed by atoms with van der Waals surface area (Å²) < 4.78 is 0. The molecule has 2 rings (SSSR count). The van der Waals surface area contributed by atoms with Gasteiger partial charge in [0.2, 0.25) is 0 Å². The molecule has 0 radical (unpaired) electrons. The highest BCUT2D eigenvalue weighted by molar-refractivity contribution is 5.45. The zero-order valence-electron chi connectivity index (χ0n) is 10.2. The maximum atomic E-state index is 8.82. The lowest BCUT2D eigenvalue weighted by Gasteiger charge is -2.18. The number of pyridine rings is 1. The Kier molecular flexibility index (Phi) is 3.44. The summed E-state index contributed by atoms with van der Waals surface area (Å²) >= 11 is 0. The molecule has 1 heterocycles. The Morgan fingerprint density at radius 3 is 2.78 bits per heavy atom. The zero-order chi connectivity index (χ0) is 13.0. The predicted molar refractivity (Wildman–Crippen MR) is 71.9 cm³/mol. The van der Waals surface area contributed by atoms with Gasteiger partial charge in [-0.3, -0.25) is 0 Å². The Morgan fingerprint density at radius 1 is 1.28 bits per heavy atom. The van der Waals surface area contributed by atoms with Gasteiger partial charge in [0.1, 0.15) is 17.6 Å². The molecule has 2 aromatic rings. The molecular formula is C14H14N4. The van der Waals surface area contributed by atoms with Gasteiger partial charge in [0.25, 0.3) is 0 Å². The molecule has 4 heteroatoms. The highest BCUT2D eigenvalue weighted by Crippen LogP contribution is 2.14. The average molecular weight is 238 g/mol. The third kappa shape index (κ3) is 2.77. The van der Waals surface area contributed by atoms with Crippen molar-refractivity contribution in [1.82, 2.24) is 4.98 Å². The highest BCUT2D eigenvalue weighted by atomic mass is 15.2. The summed E-state index contributed by atoms with van der Waals surface area (Å²) in [5.41, 5.74) is 8.03. The molecule has 2 N–H and O–H groups in total. The smallest absolute Gasteiger partial charge is 0.142 e. The molecule has 0 aliphatic heterocycles. The molecular weight excluding hydrogens is 224 g/mol. The molecule has 0 fully saturated rings. The molecule has 0 amide bonds. The second-order valence-electron chi connectivity index (χ2n) is 4.09. The van der Waals surface area contributed by atoms with Crippen molar-refractivity contribution >= 4 is 11.5 Å². The first-order valence-electron chi connectivity index (χ1n) is 5.62. The minimum Gasteiger partial charge on any atom is -0.399 e. The summed E-state index contributed by atoms with van der Waals surface area (Å²) in [6.45, 7) is 0.701. The Balaban J connectivity index is 2.17. The standard InChI is InChI=1S/C14H14N4/c1-18(10-11-4-2-5-12(16)8-11)14-7-3-6-13(9-15)17-14/h2-8H,10,16H2,1H3. The van der Waals surface area contributed by atoms with Crippen LogP contribution in [0.5, 0.6) is 0 Å². The van der Waals surface area contributed by atoms with Crippen LogP contribution in [0.4, 0.5) is 11.5 Å². The maximum Gasteiger partial charge on any atom is 0.142 e. The Bertz CT molecular complexity index is 586. The molecule has 1 aromatic carbocycles. The quantitative estimate of drug-likeness (QED) is 0.832. The number of benzene rings is 1. The SMILES string of the molecule is CN(Cc1cccc(N)c1)c1cccc(C#N)n1. The lowest BCUT2D eigenvalue weighted by molar-refractivity contribution is 0.896. The van der Waals surface area contributed by atoms with Gasteiger partial charge in [-0.25, -0.2) is 4.98 Å². The van der Waals surface area contributed by atoms with Crippen LogP contribution < -0.4 is 10.6 Å². The molecule has 4 nitrogen and oxygen atoms in total. The van der Waals surface area contributed by atoms with Gasteiger partial charge in [0.05, 0.1) is 0 Å². The molecule has 0 atom stereocenters. The van der Waals surface area contributed by atoms with Gasteiger partial charge in [-0.15, -0.1) is 0 Å². The minimum absolute atomic E-state index is 0.423. The number of anilines is 2. The van der Waals surface area contributed by atoms with Crippen molar-refractivity contribution < 1.29 is 0 Å². The van der Waals surface area contributed by atoms with E-state index in [1.165, 1.54) is 0 Å². The van der Waals surface area contributed by atoms with Gasteiger partial charge < -0.3 is 10.6 Å². The molecule has 0 aliphatic rings. The molecule has 18 heavy (non-hydrogen) atoms. The average Bonchev–Trinajstić information content (AvgIpc) is 2.39. The van der Waals surface area contributed by atoms with Gasteiger partial charge in [-0.1, -0.05) is 18.2 Å². The number of nitrogens with zero attached hydrogens (tertiary/aromatic N) is 3. The first kappa shape index (κ1) is 11.9. The van der Waals surface area contributed by atoms with Gasteiger partial charge in [0.15, 0.2) is 0 Å². The van der Waals surface area contributed by atoms with E-state index in [0.717, 1.165) is 17.1 Å². The van der Waals surface area contributed by atoms with Crippen LogP contribution in [0.2, 0.25) is 0 Å². The van der Waals surface area contributed by atoms with Crippen molar-refractivity contribution in [1.29, 1.82) is 5.26 Å². The fourth-order valence-corrected chi connectivity index (χ4v) is 1.74. The molecule has 1 aromatic heterocycles. The third-order valence-electron chi connectivity index (χ3n) is 2.61. The summed E-state index contributed by atoms with van der Waals surface area (Å²) in [5, 5.41) is 8.82. The Morgan fingerprint density at radius 2 is 2.06 bits per heavy atom. The largest absolute Gasteiger partial charge is 0.399 e. The highest BCUT2D eigenvalue weighted by Gasteiger charge is 2.04. The molecule has 90 valence electrons. The zero-order valence-corrected chi connectivity index (χ0v) is 10.2. The fourth-order valence-electron chi connectivity index (χ4n) is 1.74. The second kappa shape index (κ2) is 5.19. The summed E-state index contributed by atoms with van der Waals surface area (Å²) in [5.74, 6) is 0.775. The van der Waals surface area contributed by atoms with Crippen LogP contribution in [0.15, 0.2) is 42.5 Å². The molecule has 0 saturated carbocycles. The number of hydrogen-bond acceptors (Lipinski definition) is 4. The van der Waals surface area contributed by atoms with Crippen molar-refractivity contribution in [3.05, 3.63) is 53.7 Å². The Hall–Kier alpha value is -2.54. The monoisotopic (exact) mass is 238 g/mol. The topological polar surface area (TPSA) is 65.9 Å². The fraction of sp³-hybridized carbons (Fsp3) is 0.143. The number of aromatic nitrogens is 1. The van der Waals surface area contributed by atoms with Crippen molar-refractivity contribution in [3.63, 3.8) is 0 Å². The molecule has 0 bridgehead atoms. The van der Waals surface area contributed by atoms with E-state index in [1.807, 2.05) is 54.4 Å². The van der Waals surface area contributed by atoms with E-state index >= 15 is 0 Å². The minimum atomic E-state index is 0.423. The molecule has 0 saturated heterocycles. The van der Waals surface area contributed by atoms with E-state index in [0.29, 0.717) is 12.2 Å². The van der Waals surface area contributed by atoms with Crippen molar-refractivity contribution in [2.45, 2.75) is 6.54 Å². The molecule has 0 spiro atoms. The summed E-state index contributed by atoms with van der Waals surface area (Å²) in [4.78, 5) is 6.23. The van der Waals surface area contributed by atoms with Crippen LogP contribution in [0.3, 0.4) is 0 Å². The van der Waals surface area contributed by atoms with E-state index in [9.17, 15) is 0 Å². The van der Waals surface area contributed by atoms with Gasteiger partial charge >= 0.3 is 0 Å². The van der Waals surface area contributed by atoms with E-state index < -0.39 is 0 Å². The molecule has 0 aliphatic carbocycles. The van der Waals surface area contributed by atoms with E-state index in [4.69, 9.17) is 11.0 Å². The van der Waals surface area contributed by atoms with Crippen molar-refractivity contribution in [2.24, 2.45) is 0 Å². The summed E-state index contributed by atoms with van der Waals surface area (Å²) in [6, 6.07) is 15.2. The number of nitrogens with two attached hydrogens (primary N) is 1. The normalized spacial score (nSPS) is 9.78. The number of hydrogen-bond donors (Lipinski definition) is 1. The van der Waals surface area contributed by atoms with E-state index in [2.05, 4.69) is 4.98 Å². The summed E-state index contributed by atoms with van der Waals surface area (Å²) in [7, 11) is 1.94.